The maximum absolute atomic E-state index is 13.0. The van der Waals surface area contributed by atoms with Crippen LogP contribution in [0.4, 0.5) is 0 Å². The van der Waals surface area contributed by atoms with Crippen molar-refractivity contribution in [3.8, 4) is 0 Å². The van der Waals surface area contributed by atoms with Gasteiger partial charge in [0.2, 0.25) is 5.91 Å². The first-order valence-corrected chi connectivity index (χ1v) is 10.9. The Labute approximate surface area is 177 Å². The van der Waals surface area contributed by atoms with E-state index in [-0.39, 0.29) is 23.9 Å². The summed E-state index contributed by atoms with van der Waals surface area (Å²) in [4.78, 5) is 19.6. The van der Waals surface area contributed by atoms with Crippen LogP contribution in [0.5, 0.6) is 0 Å². The monoisotopic (exact) mass is 454 g/mol. The molecule has 2 atom stereocenters. The maximum atomic E-state index is 13.0. The van der Waals surface area contributed by atoms with Crippen LogP contribution in [0.2, 0.25) is 0 Å². The number of piperidine rings is 1. The van der Waals surface area contributed by atoms with Gasteiger partial charge in [0.05, 0.1) is 0 Å². The molecule has 3 heterocycles. The number of hydrogen-bond acceptors (Lipinski definition) is 5. The molecule has 0 aliphatic carbocycles. The van der Waals surface area contributed by atoms with Gasteiger partial charge in [-0.15, -0.1) is 0 Å². The van der Waals surface area contributed by atoms with E-state index in [2.05, 4.69) is 43.9 Å². The number of halogens is 1. The van der Waals surface area contributed by atoms with Crippen molar-refractivity contribution < 1.29 is 9.21 Å². The van der Waals surface area contributed by atoms with Crippen LogP contribution in [-0.4, -0.2) is 34.9 Å². The molecule has 5 rings (SSSR count). The highest BCUT2D eigenvalue weighted by atomic mass is 79.9. The molecule has 3 aromatic rings. The highest BCUT2D eigenvalue weighted by molar-refractivity contribution is 9.10. The lowest BCUT2D eigenvalue weighted by Crippen LogP contribution is -2.48. The van der Waals surface area contributed by atoms with E-state index in [4.69, 9.17) is 4.42 Å². The number of carbonyl (C=O) groups excluding carboxylic acids is 1. The fraction of sp³-hybridized carbons (Fsp3) is 0.364. The number of oxazole rings is 1. The Morgan fingerprint density at radius 2 is 1.83 bits per heavy atom. The van der Waals surface area contributed by atoms with Gasteiger partial charge in [0.25, 0.3) is 0 Å². The fourth-order valence-corrected chi connectivity index (χ4v) is 4.53. The van der Waals surface area contributed by atoms with E-state index in [0.29, 0.717) is 0 Å². The number of para-hydroxylation sites is 2. The Balaban J connectivity index is 1.18. The first-order valence-electron chi connectivity index (χ1n) is 10.1. The third kappa shape index (κ3) is 3.82. The van der Waals surface area contributed by atoms with Crippen molar-refractivity contribution in [3.63, 3.8) is 0 Å². The topological polar surface area (TPSA) is 70.4 Å². The summed E-state index contributed by atoms with van der Waals surface area (Å²) in [5.74, 6) is 1.25. The maximum Gasteiger partial charge on any atom is 0.241 e. The van der Waals surface area contributed by atoms with E-state index in [1.54, 1.807) is 0 Å². The second-order valence-corrected chi connectivity index (χ2v) is 8.72. The van der Waals surface area contributed by atoms with Crippen molar-refractivity contribution in [1.29, 1.82) is 0 Å². The van der Waals surface area contributed by atoms with Crippen LogP contribution in [0.3, 0.4) is 0 Å². The molecule has 1 aromatic heterocycles. The van der Waals surface area contributed by atoms with Gasteiger partial charge in [-0.3, -0.25) is 4.79 Å². The normalized spacial score (nSPS) is 23.0. The van der Waals surface area contributed by atoms with Crippen molar-refractivity contribution in [1.82, 2.24) is 20.7 Å². The molecule has 0 bridgehead atoms. The van der Waals surface area contributed by atoms with Crippen LogP contribution in [-0.2, 0) is 4.79 Å². The van der Waals surface area contributed by atoms with Crippen LogP contribution in [0.15, 0.2) is 57.4 Å². The first-order chi connectivity index (χ1) is 14.2. The summed E-state index contributed by atoms with van der Waals surface area (Å²) in [6.45, 7) is 1.48. The lowest BCUT2D eigenvalue weighted by atomic mass is 9.95. The van der Waals surface area contributed by atoms with Crippen LogP contribution in [0, 0.1) is 0 Å². The number of carbonyl (C=O) groups is 1. The highest BCUT2D eigenvalue weighted by Crippen LogP contribution is 2.31. The lowest BCUT2D eigenvalue weighted by molar-refractivity contribution is -0.134. The number of nitrogens with zero attached hydrogens (tertiary/aromatic N) is 2. The number of hydrazine groups is 1. The summed E-state index contributed by atoms with van der Waals surface area (Å²) in [6.07, 6.45) is 2.52. The average molecular weight is 455 g/mol. The summed E-state index contributed by atoms with van der Waals surface area (Å²) in [6, 6.07) is 16.0. The SMILES string of the molecule is O=C(C1CC(c2ccc(Br)cc2)NN1)N1CCC(c2nc3ccccc3o2)CC1. The Hall–Kier alpha value is -2.22. The van der Waals surface area contributed by atoms with E-state index in [1.807, 2.05) is 41.3 Å². The fourth-order valence-electron chi connectivity index (χ4n) is 4.26. The molecule has 7 heteroatoms. The zero-order chi connectivity index (χ0) is 19.8. The first kappa shape index (κ1) is 18.8. The van der Waals surface area contributed by atoms with Crippen LogP contribution in [0.25, 0.3) is 11.1 Å². The zero-order valence-electron chi connectivity index (χ0n) is 16.0. The minimum Gasteiger partial charge on any atom is -0.440 e. The zero-order valence-corrected chi connectivity index (χ0v) is 17.6. The van der Waals surface area contributed by atoms with E-state index < -0.39 is 0 Å². The van der Waals surface area contributed by atoms with Gasteiger partial charge in [0.15, 0.2) is 11.5 Å². The molecule has 2 aliphatic heterocycles. The molecule has 0 radical (unpaired) electrons. The number of fused-ring (bicyclic) bond motifs is 1. The van der Waals surface area contributed by atoms with Crippen LogP contribution < -0.4 is 10.9 Å². The van der Waals surface area contributed by atoms with Crippen molar-refractivity contribution in [3.05, 3.63) is 64.5 Å². The number of aromatic nitrogens is 1. The van der Waals surface area contributed by atoms with E-state index in [0.717, 1.165) is 53.8 Å². The second-order valence-electron chi connectivity index (χ2n) is 7.80. The smallest absolute Gasteiger partial charge is 0.241 e. The van der Waals surface area contributed by atoms with E-state index in [9.17, 15) is 4.79 Å². The molecule has 2 aliphatic rings. The molecule has 2 N–H and O–H groups in total. The number of amides is 1. The van der Waals surface area contributed by atoms with Crippen LogP contribution >= 0.6 is 15.9 Å². The Kier molecular flexibility index (Phi) is 5.11. The molecule has 6 nitrogen and oxygen atoms in total. The number of hydrogen-bond donors (Lipinski definition) is 2. The molecule has 1 amide bonds. The van der Waals surface area contributed by atoms with Gasteiger partial charge < -0.3 is 9.32 Å². The quantitative estimate of drug-likeness (QED) is 0.627. The van der Waals surface area contributed by atoms with E-state index >= 15 is 0 Å². The van der Waals surface area contributed by atoms with E-state index in [1.165, 1.54) is 5.56 Å². The van der Waals surface area contributed by atoms with Crippen LogP contribution in [0.1, 0.15) is 42.7 Å². The summed E-state index contributed by atoms with van der Waals surface area (Å²) in [5, 5.41) is 0. The molecule has 29 heavy (non-hydrogen) atoms. The number of nitrogens with one attached hydrogen (secondary N) is 2. The summed E-state index contributed by atoms with van der Waals surface area (Å²) in [5.41, 5.74) is 9.39. The largest absolute Gasteiger partial charge is 0.440 e. The van der Waals surface area contributed by atoms with Gasteiger partial charge in [0, 0.05) is 29.5 Å². The van der Waals surface area contributed by atoms with Crippen molar-refractivity contribution in [2.75, 3.05) is 13.1 Å². The van der Waals surface area contributed by atoms with Gasteiger partial charge in [-0.05, 0) is 49.1 Å². The van der Waals surface area contributed by atoms with Crippen molar-refractivity contribution in [2.24, 2.45) is 0 Å². The Morgan fingerprint density at radius 3 is 2.59 bits per heavy atom. The van der Waals surface area contributed by atoms with Gasteiger partial charge in [0.1, 0.15) is 11.6 Å². The van der Waals surface area contributed by atoms with Gasteiger partial charge in [-0.2, -0.15) is 0 Å². The second kappa shape index (κ2) is 7.89. The summed E-state index contributed by atoms with van der Waals surface area (Å²) >= 11 is 3.46. The summed E-state index contributed by atoms with van der Waals surface area (Å²) in [7, 11) is 0. The third-order valence-corrected chi connectivity index (χ3v) is 6.47. The molecular weight excluding hydrogens is 432 g/mol. The number of rotatable bonds is 3. The predicted octanol–water partition coefficient (Wildman–Crippen LogP) is 3.90. The molecular formula is C22H23BrN4O2. The number of benzene rings is 2. The molecule has 0 spiro atoms. The average Bonchev–Trinajstić information content (AvgIpc) is 3.41. The Bertz CT molecular complexity index is 978. The minimum absolute atomic E-state index is 0.148. The standard InChI is InChI=1S/C22H23BrN4O2/c23-16-7-5-14(6-8-16)18-13-19(26-25-18)22(28)27-11-9-15(10-12-27)21-24-17-3-1-2-4-20(17)29-21/h1-8,15,18-19,25-26H,9-13H2. The molecule has 2 unspecified atom stereocenters. The summed E-state index contributed by atoms with van der Waals surface area (Å²) < 4.78 is 6.99. The molecule has 0 saturated carbocycles. The van der Waals surface area contributed by atoms with Gasteiger partial charge >= 0.3 is 0 Å². The third-order valence-electron chi connectivity index (χ3n) is 5.94. The number of likely N-dealkylation sites (tertiary alicyclic amines) is 1. The van der Waals surface area contributed by atoms with Crippen molar-refractivity contribution >= 4 is 32.9 Å². The molecule has 2 saturated heterocycles. The highest BCUT2D eigenvalue weighted by Gasteiger charge is 2.35. The van der Waals surface area contributed by atoms with Crippen molar-refractivity contribution in [2.45, 2.75) is 37.3 Å². The minimum atomic E-state index is -0.190. The van der Waals surface area contributed by atoms with Gasteiger partial charge in [-0.25, -0.2) is 15.8 Å². The predicted molar refractivity (Wildman–Crippen MR) is 114 cm³/mol. The van der Waals surface area contributed by atoms with Gasteiger partial charge in [-0.1, -0.05) is 40.2 Å². The molecule has 2 aromatic carbocycles. The Morgan fingerprint density at radius 1 is 1.07 bits per heavy atom. The molecule has 150 valence electrons. The lowest BCUT2D eigenvalue weighted by Gasteiger charge is -2.32. The molecule has 2 fully saturated rings.